The molecule has 1 spiro atoms. The van der Waals surface area contributed by atoms with Crippen molar-refractivity contribution in [2.45, 2.75) is 44.4 Å². The van der Waals surface area contributed by atoms with Crippen molar-refractivity contribution in [1.82, 2.24) is 15.1 Å². The zero-order valence-corrected chi connectivity index (χ0v) is 16.7. The Hall–Kier alpha value is -1.22. The molecule has 154 valence electrons. The second-order valence-electron chi connectivity index (χ2n) is 7.86. The summed E-state index contributed by atoms with van der Waals surface area (Å²) in [6, 6.07) is 0.116. The summed E-state index contributed by atoms with van der Waals surface area (Å²) in [5.41, 5.74) is 0. The second kappa shape index (κ2) is 8.86. The van der Waals surface area contributed by atoms with Crippen molar-refractivity contribution in [3.63, 3.8) is 0 Å². The Morgan fingerprint density at radius 3 is 2.74 bits per heavy atom. The van der Waals surface area contributed by atoms with Crippen LogP contribution in [0.4, 0.5) is 4.79 Å². The highest BCUT2D eigenvalue weighted by atomic mass is 16.7. The van der Waals surface area contributed by atoms with E-state index in [0.717, 1.165) is 25.7 Å². The smallest absolute Gasteiger partial charge is 0.324 e. The average molecular weight is 383 g/mol. The summed E-state index contributed by atoms with van der Waals surface area (Å²) in [4.78, 5) is 29.1. The van der Waals surface area contributed by atoms with E-state index in [2.05, 4.69) is 17.3 Å². The standard InChI is InChI=1S/C19H33N3O5/c1-4-22(18(24)20-7-8-25-3)17(23)15-11-14-12-19(26-9-10-27-19)6-5-16(14)21(2)13-15/h14-16H,4-13H2,1-3H3,(H,20,24)/t14-,15-,16-/m1/s1. The van der Waals surface area contributed by atoms with Crippen molar-refractivity contribution in [3.8, 4) is 0 Å². The summed E-state index contributed by atoms with van der Waals surface area (Å²) in [7, 11) is 3.66. The molecule has 1 N–H and O–H groups in total. The number of carbonyl (C=O) groups is 2. The number of urea groups is 1. The van der Waals surface area contributed by atoms with Gasteiger partial charge in [0.25, 0.3) is 0 Å². The molecule has 3 fully saturated rings. The molecule has 1 aliphatic carbocycles. The first kappa shape index (κ1) is 20.5. The van der Waals surface area contributed by atoms with Crippen molar-refractivity contribution in [2.75, 3.05) is 53.6 Å². The van der Waals surface area contributed by atoms with Crippen molar-refractivity contribution in [1.29, 1.82) is 0 Å². The van der Waals surface area contributed by atoms with Gasteiger partial charge in [-0.25, -0.2) is 4.79 Å². The number of hydrogen-bond donors (Lipinski definition) is 1. The molecule has 2 heterocycles. The summed E-state index contributed by atoms with van der Waals surface area (Å²) in [5.74, 6) is -0.374. The van der Waals surface area contributed by atoms with Crippen molar-refractivity contribution >= 4 is 11.9 Å². The number of methoxy groups -OCH3 is 1. The Balaban J connectivity index is 1.63. The number of imide groups is 1. The van der Waals surface area contributed by atoms with E-state index in [1.165, 1.54) is 4.90 Å². The molecule has 1 saturated carbocycles. The minimum Gasteiger partial charge on any atom is -0.383 e. The monoisotopic (exact) mass is 383 g/mol. The van der Waals surface area contributed by atoms with Crippen LogP contribution in [-0.2, 0) is 19.0 Å². The van der Waals surface area contributed by atoms with Gasteiger partial charge in [-0.15, -0.1) is 0 Å². The number of carbonyl (C=O) groups excluding carboxylic acids is 2. The molecular weight excluding hydrogens is 350 g/mol. The zero-order chi connectivity index (χ0) is 19.4. The SMILES string of the molecule is CCN(C(=O)NCCOC)C(=O)[C@@H]1C[C@@H]2CC3(CC[C@H]2N(C)C1)OCCO3. The van der Waals surface area contributed by atoms with Crippen LogP contribution in [0.15, 0.2) is 0 Å². The van der Waals surface area contributed by atoms with E-state index in [-0.39, 0.29) is 17.9 Å². The number of ether oxygens (including phenoxy) is 3. The van der Waals surface area contributed by atoms with Gasteiger partial charge in [0.05, 0.1) is 25.7 Å². The third-order valence-corrected chi connectivity index (χ3v) is 6.17. The van der Waals surface area contributed by atoms with Crippen LogP contribution in [0.3, 0.4) is 0 Å². The molecule has 0 aromatic rings. The number of nitrogens with one attached hydrogen (secondary N) is 1. The summed E-state index contributed by atoms with van der Waals surface area (Å²) in [5, 5.41) is 2.75. The lowest BCUT2D eigenvalue weighted by Gasteiger charge is -2.49. The fourth-order valence-corrected chi connectivity index (χ4v) is 4.90. The molecule has 8 heteroatoms. The highest BCUT2D eigenvalue weighted by Gasteiger charge is 2.49. The molecule has 3 rings (SSSR count). The lowest BCUT2D eigenvalue weighted by molar-refractivity contribution is -0.202. The Labute approximate surface area is 161 Å². The largest absolute Gasteiger partial charge is 0.383 e. The Bertz CT molecular complexity index is 537. The molecule has 3 atom stereocenters. The first-order valence-corrected chi connectivity index (χ1v) is 10.1. The maximum atomic E-state index is 13.1. The van der Waals surface area contributed by atoms with Crippen LogP contribution in [0, 0.1) is 11.8 Å². The maximum Gasteiger partial charge on any atom is 0.324 e. The summed E-state index contributed by atoms with van der Waals surface area (Å²) in [6.07, 6.45) is 3.55. The third kappa shape index (κ3) is 4.45. The first-order chi connectivity index (χ1) is 13.0. The van der Waals surface area contributed by atoms with Gasteiger partial charge in [0.15, 0.2) is 5.79 Å². The quantitative estimate of drug-likeness (QED) is 0.715. The lowest BCUT2D eigenvalue weighted by Crippen LogP contribution is -2.57. The topological polar surface area (TPSA) is 80.3 Å². The van der Waals surface area contributed by atoms with E-state index in [1.54, 1.807) is 7.11 Å². The van der Waals surface area contributed by atoms with Gasteiger partial charge in [-0.1, -0.05) is 0 Å². The summed E-state index contributed by atoms with van der Waals surface area (Å²) < 4.78 is 16.8. The highest BCUT2D eigenvalue weighted by molar-refractivity contribution is 5.95. The third-order valence-electron chi connectivity index (χ3n) is 6.17. The number of amides is 3. The predicted octanol–water partition coefficient (Wildman–Crippen LogP) is 1.05. The minimum absolute atomic E-state index is 0.0920. The molecule has 8 nitrogen and oxygen atoms in total. The number of fused-ring (bicyclic) bond motifs is 1. The van der Waals surface area contributed by atoms with Crippen molar-refractivity contribution in [2.24, 2.45) is 11.8 Å². The number of hydrogen-bond acceptors (Lipinski definition) is 6. The van der Waals surface area contributed by atoms with Crippen LogP contribution < -0.4 is 5.32 Å². The zero-order valence-electron chi connectivity index (χ0n) is 16.7. The van der Waals surface area contributed by atoms with E-state index in [4.69, 9.17) is 14.2 Å². The van der Waals surface area contributed by atoms with Crippen LogP contribution in [0.2, 0.25) is 0 Å². The van der Waals surface area contributed by atoms with E-state index >= 15 is 0 Å². The molecule has 2 aliphatic heterocycles. The van der Waals surface area contributed by atoms with Crippen LogP contribution in [0.5, 0.6) is 0 Å². The fourth-order valence-electron chi connectivity index (χ4n) is 4.90. The molecule has 3 amide bonds. The van der Waals surface area contributed by atoms with E-state index in [9.17, 15) is 9.59 Å². The van der Waals surface area contributed by atoms with Crippen molar-refractivity contribution in [3.05, 3.63) is 0 Å². The number of piperidine rings is 1. The summed E-state index contributed by atoms with van der Waals surface area (Å²) in [6.45, 7) is 5.01. The predicted molar refractivity (Wildman–Crippen MR) is 99.2 cm³/mol. The first-order valence-electron chi connectivity index (χ1n) is 10.1. The average Bonchev–Trinajstić information content (AvgIpc) is 3.09. The molecule has 2 saturated heterocycles. The minimum atomic E-state index is -0.449. The summed E-state index contributed by atoms with van der Waals surface area (Å²) >= 11 is 0. The Morgan fingerprint density at radius 1 is 1.33 bits per heavy atom. The van der Waals surface area contributed by atoms with Gasteiger partial charge in [0, 0.05) is 45.6 Å². The fraction of sp³-hybridized carbons (Fsp3) is 0.895. The van der Waals surface area contributed by atoms with E-state index < -0.39 is 5.79 Å². The molecular formula is C19H33N3O5. The van der Waals surface area contributed by atoms with Crippen LogP contribution in [-0.4, -0.2) is 87.2 Å². The number of likely N-dealkylation sites (tertiary alicyclic amines) is 1. The highest BCUT2D eigenvalue weighted by Crippen LogP contribution is 2.45. The van der Waals surface area contributed by atoms with Gasteiger partial charge in [0.2, 0.25) is 5.91 Å². The molecule has 0 unspecified atom stereocenters. The van der Waals surface area contributed by atoms with Gasteiger partial charge >= 0.3 is 6.03 Å². The van der Waals surface area contributed by atoms with E-state index in [0.29, 0.717) is 51.4 Å². The van der Waals surface area contributed by atoms with Crippen LogP contribution in [0.25, 0.3) is 0 Å². The van der Waals surface area contributed by atoms with Gasteiger partial charge in [-0.05, 0) is 32.7 Å². The number of rotatable bonds is 5. The Kier molecular flexibility index (Phi) is 6.73. The molecule has 3 aliphatic rings. The second-order valence-corrected chi connectivity index (χ2v) is 7.86. The van der Waals surface area contributed by atoms with Crippen molar-refractivity contribution < 1.29 is 23.8 Å². The Morgan fingerprint density at radius 2 is 2.07 bits per heavy atom. The lowest BCUT2D eigenvalue weighted by atomic mass is 9.72. The number of nitrogens with zero attached hydrogens (tertiary/aromatic N) is 2. The molecule has 0 aromatic heterocycles. The van der Waals surface area contributed by atoms with Crippen LogP contribution >= 0.6 is 0 Å². The van der Waals surface area contributed by atoms with Gasteiger partial charge < -0.3 is 24.4 Å². The molecule has 27 heavy (non-hydrogen) atoms. The van der Waals surface area contributed by atoms with Gasteiger partial charge in [-0.2, -0.15) is 0 Å². The molecule has 0 radical (unpaired) electrons. The normalized spacial score (nSPS) is 30.1. The van der Waals surface area contributed by atoms with Gasteiger partial charge in [0.1, 0.15) is 0 Å². The van der Waals surface area contributed by atoms with E-state index in [1.807, 2.05) is 6.92 Å². The van der Waals surface area contributed by atoms with Gasteiger partial charge in [-0.3, -0.25) is 9.69 Å². The molecule has 0 aromatic carbocycles. The molecule has 0 bridgehead atoms. The maximum absolute atomic E-state index is 13.1. The van der Waals surface area contributed by atoms with Crippen LogP contribution in [0.1, 0.15) is 32.6 Å².